The number of carbonyl (C=O) groups is 1. The number of hydrogen-bond donors (Lipinski definition) is 0. The molecule has 1 fully saturated rings. The number of aryl methyl sites for hydroxylation is 1. The van der Waals surface area contributed by atoms with Crippen molar-refractivity contribution in [1.29, 1.82) is 0 Å². The van der Waals surface area contributed by atoms with Gasteiger partial charge in [0.15, 0.2) is 5.82 Å². The van der Waals surface area contributed by atoms with E-state index in [9.17, 15) is 9.59 Å². The molecule has 1 aliphatic rings. The molecular formula is C22H26N6O3. The lowest BCUT2D eigenvalue weighted by Gasteiger charge is -2.32. The van der Waals surface area contributed by atoms with Gasteiger partial charge < -0.3 is 14.5 Å². The van der Waals surface area contributed by atoms with Gasteiger partial charge in [0.25, 0.3) is 5.56 Å². The van der Waals surface area contributed by atoms with Crippen molar-refractivity contribution < 1.29 is 9.53 Å². The maximum absolute atomic E-state index is 12.8. The third kappa shape index (κ3) is 4.82. The van der Waals surface area contributed by atoms with Gasteiger partial charge in [0.1, 0.15) is 6.10 Å². The molecule has 9 heteroatoms. The zero-order chi connectivity index (χ0) is 21.8. The molecule has 162 valence electrons. The first kappa shape index (κ1) is 20.8. The number of benzene rings is 1. The number of anilines is 1. The number of ether oxygens (including phenoxy) is 1. The molecule has 0 radical (unpaired) electrons. The number of rotatable bonds is 6. The summed E-state index contributed by atoms with van der Waals surface area (Å²) in [5, 5.41) is 8.80. The van der Waals surface area contributed by atoms with E-state index in [1.54, 1.807) is 23.1 Å². The van der Waals surface area contributed by atoms with Crippen molar-refractivity contribution in [1.82, 2.24) is 24.6 Å². The summed E-state index contributed by atoms with van der Waals surface area (Å²) < 4.78 is 7.45. The van der Waals surface area contributed by atoms with E-state index < -0.39 is 0 Å². The van der Waals surface area contributed by atoms with Gasteiger partial charge >= 0.3 is 0 Å². The van der Waals surface area contributed by atoms with Crippen molar-refractivity contribution in [3.05, 3.63) is 53.1 Å². The Hall–Kier alpha value is -3.49. The minimum Gasteiger partial charge on any atom is -0.471 e. The number of amides is 1. The topological polar surface area (TPSA) is 93.5 Å². The van der Waals surface area contributed by atoms with Gasteiger partial charge in [-0.15, -0.1) is 10.2 Å². The molecule has 4 rings (SSSR count). The summed E-state index contributed by atoms with van der Waals surface area (Å²) in [6.45, 7) is 1.49. The van der Waals surface area contributed by atoms with Crippen molar-refractivity contribution >= 4 is 22.6 Å². The first-order valence-corrected chi connectivity index (χ1v) is 10.4. The Labute approximate surface area is 180 Å². The second kappa shape index (κ2) is 9.11. The summed E-state index contributed by atoms with van der Waals surface area (Å²) >= 11 is 0. The Balaban J connectivity index is 1.34. The van der Waals surface area contributed by atoms with Crippen molar-refractivity contribution in [2.24, 2.45) is 0 Å². The van der Waals surface area contributed by atoms with Gasteiger partial charge in [0.05, 0.1) is 23.8 Å². The number of hydrogen-bond acceptors (Lipinski definition) is 7. The standard InChI is InChI=1S/C22H26N6O3/c1-26(2)19-9-10-20(25-24-19)31-16-6-5-12-27(14-16)21(29)11-13-28-15-23-18-8-4-3-7-17(18)22(28)30/h3-4,7-10,15-16H,5-6,11-14H2,1-2H3. The predicted octanol–water partition coefficient (Wildman–Crippen LogP) is 1.71. The van der Waals surface area contributed by atoms with E-state index in [2.05, 4.69) is 15.2 Å². The fourth-order valence-electron chi connectivity index (χ4n) is 3.69. The Kier molecular flexibility index (Phi) is 6.11. The van der Waals surface area contributed by atoms with Gasteiger partial charge in [-0.05, 0) is 31.0 Å². The Morgan fingerprint density at radius 1 is 1.19 bits per heavy atom. The average molecular weight is 422 g/mol. The summed E-state index contributed by atoms with van der Waals surface area (Å²) in [6.07, 6.45) is 3.34. The fourth-order valence-corrected chi connectivity index (χ4v) is 3.69. The maximum atomic E-state index is 12.8. The molecule has 0 bridgehead atoms. The highest BCUT2D eigenvalue weighted by molar-refractivity contribution is 5.77. The number of piperidine rings is 1. The van der Waals surface area contributed by atoms with Gasteiger partial charge in [-0.25, -0.2) is 4.98 Å². The largest absolute Gasteiger partial charge is 0.471 e. The SMILES string of the molecule is CN(C)c1ccc(OC2CCCN(C(=O)CCn3cnc4ccccc4c3=O)C2)nn1. The van der Waals surface area contributed by atoms with E-state index in [0.29, 0.717) is 36.4 Å². The summed E-state index contributed by atoms with van der Waals surface area (Å²) in [6, 6.07) is 10.9. The van der Waals surface area contributed by atoms with E-state index in [-0.39, 0.29) is 24.0 Å². The molecule has 1 aliphatic heterocycles. The molecule has 3 heterocycles. The van der Waals surface area contributed by atoms with Crippen LogP contribution in [0.2, 0.25) is 0 Å². The molecule has 1 amide bonds. The lowest BCUT2D eigenvalue weighted by atomic mass is 10.1. The van der Waals surface area contributed by atoms with E-state index in [1.807, 2.05) is 37.2 Å². The van der Waals surface area contributed by atoms with E-state index in [4.69, 9.17) is 4.74 Å². The third-order valence-electron chi connectivity index (χ3n) is 5.40. The monoisotopic (exact) mass is 422 g/mol. The number of carbonyl (C=O) groups excluding carboxylic acids is 1. The van der Waals surface area contributed by atoms with Crippen LogP contribution in [0.3, 0.4) is 0 Å². The lowest BCUT2D eigenvalue weighted by molar-refractivity contribution is -0.134. The molecule has 3 aromatic rings. The van der Waals surface area contributed by atoms with E-state index >= 15 is 0 Å². The van der Waals surface area contributed by atoms with E-state index in [0.717, 1.165) is 18.7 Å². The molecule has 0 N–H and O–H groups in total. The van der Waals surface area contributed by atoms with Crippen LogP contribution in [0.1, 0.15) is 19.3 Å². The molecule has 31 heavy (non-hydrogen) atoms. The highest BCUT2D eigenvalue weighted by Gasteiger charge is 2.25. The van der Waals surface area contributed by atoms with Crippen LogP contribution in [-0.2, 0) is 11.3 Å². The Bertz CT molecular complexity index is 1110. The molecule has 1 aromatic carbocycles. The Morgan fingerprint density at radius 2 is 2.03 bits per heavy atom. The zero-order valence-electron chi connectivity index (χ0n) is 17.8. The number of nitrogens with zero attached hydrogens (tertiary/aromatic N) is 6. The van der Waals surface area contributed by atoms with Crippen molar-refractivity contribution in [2.75, 3.05) is 32.1 Å². The summed E-state index contributed by atoms with van der Waals surface area (Å²) in [7, 11) is 3.80. The minimum absolute atomic E-state index is 0.00222. The molecule has 1 atom stereocenters. The van der Waals surface area contributed by atoms with Crippen LogP contribution in [0.15, 0.2) is 47.5 Å². The van der Waals surface area contributed by atoms with Crippen LogP contribution >= 0.6 is 0 Å². The summed E-state index contributed by atoms with van der Waals surface area (Å²) in [5.41, 5.74) is 0.533. The van der Waals surface area contributed by atoms with Crippen LogP contribution in [0, 0.1) is 0 Å². The second-order valence-electron chi connectivity index (χ2n) is 7.86. The van der Waals surface area contributed by atoms with Gasteiger partial charge in [-0.3, -0.25) is 14.2 Å². The smallest absolute Gasteiger partial charge is 0.261 e. The molecule has 0 aliphatic carbocycles. The van der Waals surface area contributed by atoms with Gasteiger partial charge in [-0.2, -0.15) is 0 Å². The molecule has 2 aromatic heterocycles. The van der Waals surface area contributed by atoms with Crippen LogP contribution in [-0.4, -0.2) is 63.8 Å². The first-order chi connectivity index (χ1) is 15.0. The zero-order valence-corrected chi connectivity index (χ0v) is 17.8. The molecule has 0 spiro atoms. The molecule has 1 saturated heterocycles. The molecular weight excluding hydrogens is 396 g/mol. The highest BCUT2D eigenvalue weighted by Crippen LogP contribution is 2.18. The lowest BCUT2D eigenvalue weighted by Crippen LogP contribution is -2.44. The highest BCUT2D eigenvalue weighted by atomic mass is 16.5. The van der Waals surface area contributed by atoms with E-state index in [1.165, 1.54) is 10.9 Å². The number of fused-ring (bicyclic) bond motifs is 1. The quantitative estimate of drug-likeness (QED) is 0.597. The van der Waals surface area contributed by atoms with Gasteiger partial charge in [-0.1, -0.05) is 12.1 Å². The fraction of sp³-hybridized carbons (Fsp3) is 0.409. The minimum atomic E-state index is -0.127. The van der Waals surface area contributed by atoms with Crippen LogP contribution in [0.4, 0.5) is 5.82 Å². The third-order valence-corrected chi connectivity index (χ3v) is 5.40. The molecule has 1 unspecified atom stereocenters. The van der Waals surface area contributed by atoms with Crippen molar-refractivity contribution in [3.63, 3.8) is 0 Å². The number of likely N-dealkylation sites (tertiary alicyclic amines) is 1. The van der Waals surface area contributed by atoms with Crippen LogP contribution < -0.4 is 15.2 Å². The van der Waals surface area contributed by atoms with Crippen molar-refractivity contribution in [2.45, 2.75) is 31.9 Å². The Morgan fingerprint density at radius 3 is 2.81 bits per heavy atom. The summed E-state index contributed by atoms with van der Waals surface area (Å²) in [5.74, 6) is 1.22. The van der Waals surface area contributed by atoms with Crippen molar-refractivity contribution in [3.8, 4) is 5.88 Å². The average Bonchev–Trinajstić information content (AvgIpc) is 2.79. The first-order valence-electron chi connectivity index (χ1n) is 10.4. The van der Waals surface area contributed by atoms with Gasteiger partial charge in [0, 0.05) is 39.7 Å². The normalized spacial score (nSPS) is 16.3. The predicted molar refractivity (Wildman–Crippen MR) is 117 cm³/mol. The molecule has 9 nitrogen and oxygen atoms in total. The van der Waals surface area contributed by atoms with Crippen LogP contribution in [0.5, 0.6) is 5.88 Å². The van der Waals surface area contributed by atoms with Crippen LogP contribution in [0.25, 0.3) is 10.9 Å². The number of aromatic nitrogens is 4. The summed E-state index contributed by atoms with van der Waals surface area (Å²) in [4.78, 5) is 33.3. The molecule has 0 saturated carbocycles. The maximum Gasteiger partial charge on any atom is 0.261 e. The number of para-hydroxylation sites is 1. The second-order valence-corrected chi connectivity index (χ2v) is 7.86. The van der Waals surface area contributed by atoms with Gasteiger partial charge in [0.2, 0.25) is 11.8 Å².